The van der Waals surface area contributed by atoms with Crippen LogP contribution in [0.15, 0.2) is 24.3 Å². The third-order valence-electron chi connectivity index (χ3n) is 3.71. The second-order valence-electron chi connectivity index (χ2n) is 5.42. The standard InChI is InChI=1S/C16H21NO5/c1-2-21-12-6-3-4-7-13(12)22-11-14(18)17-16(8-5-9-16)10-15(19)20/h3-4,6-7H,2,5,8-11H2,1H3,(H,17,18)(H,19,20). The first-order valence-electron chi connectivity index (χ1n) is 7.42. The van der Waals surface area contributed by atoms with Crippen molar-refractivity contribution in [2.24, 2.45) is 0 Å². The highest BCUT2D eigenvalue weighted by Gasteiger charge is 2.40. The minimum absolute atomic E-state index is 0.0473. The normalized spacial score (nSPS) is 15.5. The maximum atomic E-state index is 12.0. The van der Waals surface area contributed by atoms with Crippen LogP contribution in [0.2, 0.25) is 0 Å². The van der Waals surface area contributed by atoms with Crippen molar-refractivity contribution in [3.8, 4) is 11.5 Å². The minimum Gasteiger partial charge on any atom is -0.490 e. The first-order valence-corrected chi connectivity index (χ1v) is 7.42. The van der Waals surface area contributed by atoms with E-state index < -0.39 is 11.5 Å². The number of carboxylic acids is 1. The van der Waals surface area contributed by atoms with Gasteiger partial charge in [0.25, 0.3) is 5.91 Å². The number of hydrogen-bond acceptors (Lipinski definition) is 4. The highest BCUT2D eigenvalue weighted by atomic mass is 16.5. The highest BCUT2D eigenvalue weighted by Crippen LogP contribution is 2.35. The third kappa shape index (κ3) is 4.13. The fourth-order valence-corrected chi connectivity index (χ4v) is 2.56. The van der Waals surface area contributed by atoms with E-state index in [-0.39, 0.29) is 18.9 Å². The highest BCUT2D eigenvalue weighted by molar-refractivity contribution is 5.80. The second-order valence-corrected chi connectivity index (χ2v) is 5.42. The van der Waals surface area contributed by atoms with Gasteiger partial charge in [-0.15, -0.1) is 0 Å². The molecular formula is C16H21NO5. The summed E-state index contributed by atoms with van der Waals surface area (Å²) in [6.45, 7) is 2.22. The monoisotopic (exact) mass is 307 g/mol. The number of rotatable bonds is 8. The second kappa shape index (κ2) is 7.15. The van der Waals surface area contributed by atoms with Crippen LogP contribution in [0.5, 0.6) is 11.5 Å². The molecule has 120 valence electrons. The molecule has 0 aliphatic heterocycles. The van der Waals surface area contributed by atoms with Crippen molar-refractivity contribution in [1.82, 2.24) is 5.32 Å². The van der Waals surface area contributed by atoms with E-state index in [0.29, 0.717) is 30.9 Å². The summed E-state index contributed by atoms with van der Waals surface area (Å²) in [5.41, 5.74) is -0.605. The number of carbonyl (C=O) groups excluding carboxylic acids is 1. The van der Waals surface area contributed by atoms with Crippen LogP contribution in [-0.4, -0.2) is 35.7 Å². The maximum absolute atomic E-state index is 12.0. The number of ether oxygens (including phenoxy) is 2. The first kappa shape index (κ1) is 16.1. The average molecular weight is 307 g/mol. The van der Waals surface area contributed by atoms with E-state index in [1.54, 1.807) is 18.2 Å². The molecule has 1 fully saturated rings. The number of amides is 1. The molecule has 0 aromatic heterocycles. The average Bonchev–Trinajstić information content (AvgIpc) is 2.44. The van der Waals surface area contributed by atoms with Gasteiger partial charge in [0.05, 0.1) is 18.6 Å². The van der Waals surface area contributed by atoms with E-state index in [2.05, 4.69) is 5.32 Å². The Morgan fingerprint density at radius 2 is 1.86 bits per heavy atom. The van der Waals surface area contributed by atoms with E-state index in [4.69, 9.17) is 14.6 Å². The summed E-state index contributed by atoms with van der Waals surface area (Å²) in [6.07, 6.45) is 2.27. The Hall–Kier alpha value is -2.24. The van der Waals surface area contributed by atoms with Gasteiger partial charge in [0.1, 0.15) is 0 Å². The van der Waals surface area contributed by atoms with Gasteiger partial charge in [-0.3, -0.25) is 9.59 Å². The van der Waals surface area contributed by atoms with E-state index in [0.717, 1.165) is 6.42 Å². The van der Waals surface area contributed by atoms with Crippen molar-refractivity contribution in [3.05, 3.63) is 24.3 Å². The molecular weight excluding hydrogens is 286 g/mol. The number of carboxylic acid groups (broad SMARTS) is 1. The molecule has 1 aliphatic rings. The van der Waals surface area contributed by atoms with Crippen LogP contribution in [0.1, 0.15) is 32.6 Å². The molecule has 0 spiro atoms. The lowest BCUT2D eigenvalue weighted by molar-refractivity contribution is -0.140. The fraction of sp³-hybridized carbons (Fsp3) is 0.500. The molecule has 0 atom stereocenters. The molecule has 1 amide bonds. The molecule has 1 aromatic carbocycles. The summed E-state index contributed by atoms with van der Waals surface area (Å²) in [4.78, 5) is 22.9. The predicted molar refractivity (Wildman–Crippen MR) is 80.1 cm³/mol. The Morgan fingerprint density at radius 1 is 1.23 bits per heavy atom. The van der Waals surface area contributed by atoms with Crippen LogP contribution in [0.3, 0.4) is 0 Å². The molecule has 0 radical (unpaired) electrons. The number of benzene rings is 1. The summed E-state index contributed by atoms with van der Waals surface area (Å²) in [5, 5.41) is 11.7. The summed E-state index contributed by atoms with van der Waals surface area (Å²) in [7, 11) is 0. The van der Waals surface area contributed by atoms with Crippen molar-refractivity contribution in [2.45, 2.75) is 38.1 Å². The molecule has 0 saturated heterocycles. The molecule has 2 rings (SSSR count). The molecule has 0 heterocycles. The Morgan fingerprint density at radius 3 is 2.36 bits per heavy atom. The number of para-hydroxylation sites is 2. The summed E-state index contributed by atoms with van der Waals surface area (Å²) in [5.74, 6) is -0.128. The number of carbonyl (C=O) groups is 2. The van der Waals surface area contributed by atoms with E-state index in [9.17, 15) is 9.59 Å². The van der Waals surface area contributed by atoms with Gasteiger partial charge >= 0.3 is 5.97 Å². The smallest absolute Gasteiger partial charge is 0.305 e. The zero-order valence-corrected chi connectivity index (χ0v) is 12.6. The Labute approximate surface area is 129 Å². The summed E-state index contributed by atoms with van der Waals surface area (Å²) in [6, 6.07) is 7.13. The van der Waals surface area contributed by atoms with Gasteiger partial charge in [-0.05, 0) is 38.3 Å². The van der Waals surface area contributed by atoms with Gasteiger partial charge in [-0.25, -0.2) is 0 Å². The van der Waals surface area contributed by atoms with Gasteiger partial charge < -0.3 is 19.9 Å². The van der Waals surface area contributed by atoms with Crippen molar-refractivity contribution in [3.63, 3.8) is 0 Å². The molecule has 1 aliphatic carbocycles. The van der Waals surface area contributed by atoms with Gasteiger partial charge in [0, 0.05) is 0 Å². The largest absolute Gasteiger partial charge is 0.490 e. The van der Waals surface area contributed by atoms with Gasteiger partial charge in [0.15, 0.2) is 18.1 Å². The lowest BCUT2D eigenvalue weighted by atomic mass is 9.74. The predicted octanol–water partition coefficient (Wildman–Crippen LogP) is 1.98. The van der Waals surface area contributed by atoms with Crippen LogP contribution in [0, 0.1) is 0 Å². The third-order valence-corrected chi connectivity index (χ3v) is 3.71. The molecule has 6 nitrogen and oxygen atoms in total. The van der Waals surface area contributed by atoms with Gasteiger partial charge in [-0.2, -0.15) is 0 Å². The Kier molecular flexibility index (Phi) is 5.25. The molecule has 0 bridgehead atoms. The molecule has 0 unspecified atom stereocenters. The van der Waals surface area contributed by atoms with Crippen LogP contribution in [0.25, 0.3) is 0 Å². The van der Waals surface area contributed by atoms with Crippen molar-refractivity contribution < 1.29 is 24.2 Å². The van der Waals surface area contributed by atoms with E-state index in [1.807, 2.05) is 13.0 Å². The summed E-state index contributed by atoms with van der Waals surface area (Å²) < 4.78 is 10.9. The quantitative estimate of drug-likeness (QED) is 0.767. The Balaban J connectivity index is 1.89. The Bertz CT molecular complexity index is 539. The van der Waals surface area contributed by atoms with Crippen LogP contribution >= 0.6 is 0 Å². The molecule has 1 saturated carbocycles. The minimum atomic E-state index is -0.900. The van der Waals surface area contributed by atoms with E-state index in [1.165, 1.54) is 0 Å². The van der Waals surface area contributed by atoms with Crippen LogP contribution < -0.4 is 14.8 Å². The zero-order chi connectivity index (χ0) is 16.0. The van der Waals surface area contributed by atoms with Crippen molar-refractivity contribution >= 4 is 11.9 Å². The number of aliphatic carboxylic acids is 1. The van der Waals surface area contributed by atoms with Crippen LogP contribution in [-0.2, 0) is 9.59 Å². The maximum Gasteiger partial charge on any atom is 0.305 e. The fourth-order valence-electron chi connectivity index (χ4n) is 2.56. The molecule has 22 heavy (non-hydrogen) atoms. The van der Waals surface area contributed by atoms with E-state index >= 15 is 0 Å². The van der Waals surface area contributed by atoms with Gasteiger partial charge in [0.2, 0.25) is 0 Å². The molecule has 6 heteroatoms. The van der Waals surface area contributed by atoms with Crippen LogP contribution in [0.4, 0.5) is 0 Å². The zero-order valence-electron chi connectivity index (χ0n) is 12.6. The first-order chi connectivity index (χ1) is 10.5. The van der Waals surface area contributed by atoms with Crippen molar-refractivity contribution in [2.75, 3.05) is 13.2 Å². The lowest BCUT2D eigenvalue weighted by Crippen LogP contribution is -2.55. The van der Waals surface area contributed by atoms with Gasteiger partial charge in [-0.1, -0.05) is 12.1 Å². The van der Waals surface area contributed by atoms with Crippen molar-refractivity contribution in [1.29, 1.82) is 0 Å². The number of hydrogen-bond donors (Lipinski definition) is 2. The lowest BCUT2D eigenvalue weighted by Gasteiger charge is -2.41. The topological polar surface area (TPSA) is 84.9 Å². The summed E-state index contributed by atoms with van der Waals surface area (Å²) >= 11 is 0. The number of nitrogens with one attached hydrogen (secondary N) is 1. The SMILES string of the molecule is CCOc1ccccc1OCC(=O)NC1(CC(=O)O)CCC1. The molecule has 1 aromatic rings. The molecule has 2 N–H and O–H groups in total.